The van der Waals surface area contributed by atoms with Crippen LogP contribution in [0, 0.1) is 0 Å². The zero-order valence-electron chi connectivity index (χ0n) is 11.9. The number of rotatable bonds is 2. The van der Waals surface area contributed by atoms with Gasteiger partial charge >= 0.3 is 7.48 Å². The average molecular weight is 312 g/mol. The Hall–Kier alpha value is -2.30. The second-order valence-corrected chi connectivity index (χ2v) is 5.06. The first-order chi connectivity index (χ1) is 10.6. The number of aromatic nitrogens is 1. The monoisotopic (exact) mass is 311 g/mol. The van der Waals surface area contributed by atoms with Crippen LogP contribution >= 0.6 is 11.6 Å². The molecule has 0 saturated carbocycles. The number of hydrogen-bond acceptors (Lipinski definition) is 3. The second kappa shape index (κ2) is 7.64. The summed E-state index contributed by atoms with van der Waals surface area (Å²) in [6.07, 6.45) is 1.67. The van der Waals surface area contributed by atoms with Crippen molar-refractivity contribution in [3.05, 3.63) is 78.0 Å². The largest absolute Gasteiger partial charge is 0.506 e. The van der Waals surface area contributed by atoms with Crippen molar-refractivity contribution >= 4 is 35.5 Å². The molecule has 0 radical (unpaired) electrons. The van der Waals surface area contributed by atoms with Gasteiger partial charge in [-0.05, 0) is 29.8 Å². The molecule has 0 saturated heterocycles. The van der Waals surface area contributed by atoms with Crippen LogP contribution in [0.3, 0.4) is 0 Å². The van der Waals surface area contributed by atoms with Crippen molar-refractivity contribution in [1.82, 2.24) is 4.98 Å². The highest BCUT2D eigenvalue weighted by atomic mass is 35.5. The molecular formula is C17H15BClNO2. The van der Waals surface area contributed by atoms with Gasteiger partial charge in [-0.3, -0.25) is 4.98 Å². The van der Waals surface area contributed by atoms with E-state index in [4.69, 9.17) is 16.6 Å². The van der Waals surface area contributed by atoms with E-state index in [1.807, 2.05) is 30.3 Å². The van der Waals surface area contributed by atoms with E-state index < -0.39 is 0 Å². The van der Waals surface area contributed by atoms with Crippen molar-refractivity contribution in [2.24, 2.45) is 0 Å². The Bertz CT molecular complexity index is 770. The fourth-order valence-electron chi connectivity index (χ4n) is 1.86. The van der Waals surface area contributed by atoms with Crippen molar-refractivity contribution in [3.63, 3.8) is 0 Å². The summed E-state index contributed by atoms with van der Waals surface area (Å²) in [6, 6.07) is 16.3. The molecule has 3 rings (SSSR count). The Morgan fingerprint density at radius 1 is 1.05 bits per heavy atom. The summed E-state index contributed by atoms with van der Waals surface area (Å²) in [5.74, 6) is 0.239. The van der Waals surface area contributed by atoms with E-state index in [-0.39, 0.29) is 13.2 Å². The predicted molar refractivity (Wildman–Crippen MR) is 93.3 cm³/mol. The summed E-state index contributed by atoms with van der Waals surface area (Å²) in [4.78, 5) is 4.03. The number of pyridine rings is 1. The third-order valence-corrected chi connectivity index (χ3v) is 3.31. The maximum Gasteiger partial charge on any atom is 0.304 e. The maximum absolute atomic E-state index is 9.31. The Kier molecular flexibility index (Phi) is 5.58. The lowest BCUT2D eigenvalue weighted by atomic mass is 9.84. The first-order valence-corrected chi connectivity index (χ1v) is 7.07. The molecule has 22 heavy (non-hydrogen) atoms. The zero-order chi connectivity index (χ0) is 15.9. The van der Waals surface area contributed by atoms with E-state index >= 15 is 0 Å². The predicted octanol–water partition coefficient (Wildman–Crippen LogP) is 3.59. The zero-order valence-corrected chi connectivity index (χ0v) is 12.7. The van der Waals surface area contributed by atoms with Crippen LogP contribution in [-0.2, 0) is 0 Å². The van der Waals surface area contributed by atoms with Crippen LogP contribution in [0.1, 0.15) is 5.56 Å². The summed E-state index contributed by atoms with van der Waals surface area (Å²) in [6.45, 7) is 3.68. The SMILES string of the molecule is C=C(BO)c1ccc(Cl)cc1.Oc1cccc2cccnc12. The number of phenols is 1. The van der Waals surface area contributed by atoms with E-state index in [1.165, 1.54) is 0 Å². The standard InChI is InChI=1S/C9H7NO.C8H8BClO/c11-8-5-1-3-7-4-2-6-10-9(7)8;1-6(9-11)7-2-4-8(10)5-3-7/h1-6,11H;2-5,9,11H,1H2. The van der Waals surface area contributed by atoms with E-state index in [0.29, 0.717) is 16.0 Å². The molecule has 110 valence electrons. The molecule has 0 amide bonds. The fourth-order valence-corrected chi connectivity index (χ4v) is 1.99. The number of benzene rings is 2. The van der Waals surface area contributed by atoms with Gasteiger partial charge in [0.25, 0.3) is 0 Å². The van der Waals surface area contributed by atoms with Gasteiger partial charge in [0.2, 0.25) is 0 Å². The van der Waals surface area contributed by atoms with Crippen LogP contribution in [0.4, 0.5) is 0 Å². The average Bonchev–Trinajstić information content (AvgIpc) is 2.56. The Morgan fingerprint density at radius 3 is 2.36 bits per heavy atom. The van der Waals surface area contributed by atoms with Crippen LogP contribution < -0.4 is 0 Å². The normalized spacial score (nSPS) is 9.73. The van der Waals surface area contributed by atoms with Crippen molar-refractivity contribution in [2.75, 3.05) is 0 Å². The molecule has 0 spiro atoms. The van der Waals surface area contributed by atoms with Crippen molar-refractivity contribution in [2.45, 2.75) is 0 Å². The summed E-state index contributed by atoms with van der Waals surface area (Å²) in [5, 5.41) is 19.7. The first kappa shape index (κ1) is 16.1. The van der Waals surface area contributed by atoms with Gasteiger partial charge in [0.1, 0.15) is 11.3 Å². The lowest BCUT2D eigenvalue weighted by Crippen LogP contribution is -1.91. The highest BCUT2D eigenvalue weighted by Crippen LogP contribution is 2.20. The van der Waals surface area contributed by atoms with Crippen molar-refractivity contribution < 1.29 is 10.1 Å². The van der Waals surface area contributed by atoms with Gasteiger partial charge in [-0.1, -0.05) is 47.4 Å². The molecule has 1 heterocycles. The minimum absolute atomic E-state index is 0.0123. The number of hydrogen-bond donors (Lipinski definition) is 2. The Balaban J connectivity index is 0.000000160. The molecule has 3 aromatic rings. The molecule has 0 bridgehead atoms. The van der Waals surface area contributed by atoms with E-state index in [2.05, 4.69) is 11.6 Å². The maximum atomic E-state index is 9.31. The molecule has 0 unspecified atom stereocenters. The quantitative estimate of drug-likeness (QED) is 0.711. The summed E-state index contributed by atoms with van der Waals surface area (Å²) < 4.78 is 0. The number of nitrogens with zero attached hydrogens (tertiary/aromatic N) is 1. The van der Waals surface area contributed by atoms with Crippen LogP contribution in [0.15, 0.2) is 67.4 Å². The summed E-state index contributed by atoms with van der Waals surface area (Å²) in [5.41, 5.74) is 2.30. The number of para-hydroxylation sites is 1. The molecule has 0 aliphatic rings. The molecule has 0 aliphatic heterocycles. The fraction of sp³-hybridized carbons (Fsp3) is 0. The van der Waals surface area contributed by atoms with E-state index in [1.54, 1.807) is 30.5 Å². The summed E-state index contributed by atoms with van der Waals surface area (Å²) in [7, 11) is -0.0123. The second-order valence-electron chi connectivity index (χ2n) is 4.62. The van der Waals surface area contributed by atoms with Gasteiger partial charge in [0.15, 0.2) is 0 Å². The van der Waals surface area contributed by atoms with Gasteiger partial charge in [-0.15, -0.1) is 6.58 Å². The molecular weight excluding hydrogens is 296 g/mol. The van der Waals surface area contributed by atoms with Gasteiger partial charge < -0.3 is 10.1 Å². The molecule has 5 heteroatoms. The van der Waals surface area contributed by atoms with Crippen molar-refractivity contribution in [3.8, 4) is 5.75 Å². The van der Waals surface area contributed by atoms with Crippen LogP contribution in [0.25, 0.3) is 16.4 Å². The lowest BCUT2D eigenvalue weighted by Gasteiger charge is -1.99. The smallest absolute Gasteiger partial charge is 0.304 e. The molecule has 3 nitrogen and oxygen atoms in total. The number of phenolic OH excluding ortho intramolecular Hbond substituents is 1. The van der Waals surface area contributed by atoms with Gasteiger partial charge in [0.05, 0.1) is 0 Å². The van der Waals surface area contributed by atoms with Crippen LogP contribution in [0.2, 0.25) is 5.02 Å². The molecule has 0 atom stereocenters. The topological polar surface area (TPSA) is 53.4 Å². The third-order valence-electron chi connectivity index (χ3n) is 3.05. The van der Waals surface area contributed by atoms with Crippen molar-refractivity contribution in [1.29, 1.82) is 0 Å². The molecule has 1 aromatic heterocycles. The molecule has 2 aromatic carbocycles. The van der Waals surface area contributed by atoms with Crippen LogP contribution in [0.5, 0.6) is 5.75 Å². The highest BCUT2D eigenvalue weighted by molar-refractivity contribution is 6.53. The number of aromatic hydroxyl groups is 1. The third kappa shape index (κ3) is 4.10. The number of halogens is 1. The van der Waals surface area contributed by atoms with Crippen LogP contribution in [-0.4, -0.2) is 22.6 Å². The summed E-state index contributed by atoms with van der Waals surface area (Å²) >= 11 is 5.67. The van der Waals surface area contributed by atoms with E-state index in [0.717, 1.165) is 10.9 Å². The molecule has 0 fully saturated rings. The highest BCUT2D eigenvalue weighted by Gasteiger charge is 1.97. The number of fused-ring (bicyclic) bond motifs is 1. The van der Waals surface area contributed by atoms with Gasteiger partial charge in [-0.2, -0.15) is 0 Å². The van der Waals surface area contributed by atoms with E-state index in [9.17, 15) is 5.11 Å². The Morgan fingerprint density at radius 2 is 1.73 bits per heavy atom. The van der Waals surface area contributed by atoms with Gasteiger partial charge in [0, 0.05) is 16.6 Å². The Labute approximate surface area is 134 Å². The molecule has 0 aliphatic carbocycles. The minimum atomic E-state index is -0.0123. The molecule has 2 N–H and O–H groups in total. The first-order valence-electron chi connectivity index (χ1n) is 6.69. The minimum Gasteiger partial charge on any atom is -0.506 e. The van der Waals surface area contributed by atoms with Gasteiger partial charge in [-0.25, -0.2) is 0 Å². The lowest BCUT2D eigenvalue weighted by molar-refractivity contribution is 0.480.